The Bertz CT molecular complexity index is 869. The van der Waals surface area contributed by atoms with Crippen LogP contribution in [0.25, 0.3) is 0 Å². The van der Waals surface area contributed by atoms with Gasteiger partial charge in [0.05, 0.1) is 5.56 Å². The van der Waals surface area contributed by atoms with Crippen molar-refractivity contribution in [2.24, 2.45) is 0 Å². The normalized spacial score (nSPS) is 12.0. The second-order valence-electron chi connectivity index (χ2n) is 5.44. The highest BCUT2D eigenvalue weighted by Gasteiger charge is 2.17. The van der Waals surface area contributed by atoms with Gasteiger partial charge in [0.1, 0.15) is 13.2 Å². The van der Waals surface area contributed by atoms with Gasteiger partial charge in [-0.3, -0.25) is 20.4 Å². The lowest BCUT2D eigenvalue weighted by Crippen LogP contribution is -2.43. The van der Waals surface area contributed by atoms with Crippen LogP contribution in [0.4, 0.5) is 0 Å². The molecule has 1 aliphatic rings. The maximum Gasteiger partial charge on any atom is 0.338 e. The molecule has 2 N–H and O–H groups in total. The minimum Gasteiger partial charge on any atom is -0.486 e. The average molecular weight is 391 g/mol. The summed E-state index contributed by atoms with van der Waals surface area (Å²) in [6.45, 7) is 0.272. The first kappa shape index (κ1) is 18.5. The lowest BCUT2D eigenvalue weighted by molar-refractivity contribution is -0.125. The van der Waals surface area contributed by atoms with E-state index in [2.05, 4.69) is 10.9 Å². The molecule has 1 aliphatic heterocycles. The van der Waals surface area contributed by atoms with Crippen LogP contribution >= 0.6 is 11.6 Å². The summed E-state index contributed by atoms with van der Waals surface area (Å²) >= 11 is 5.74. The molecule has 0 unspecified atom stereocenters. The molecule has 27 heavy (non-hydrogen) atoms. The van der Waals surface area contributed by atoms with Gasteiger partial charge in [-0.1, -0.05) is 11.6 Å². The molecule has 0 radical (unpaired) electrons. The molecular weight excluding hydrogens is 376 g/mol. The first-order valence-corrected chi connectivity index (χ1v) is 8.32. The molecule has 1 heterocycles. The SMILES string of the molecule is O=C(COC(=O)c1ccc2c(c1)OCCO2)NNC(=O)c1ccc(Cl)cc1. The van der Waals surface area contributed by atoms with Crippen molar-refractivity contribution >= 4 is 29.4 Å². The van der Waals surface area contributed by atoms with Gasteiger partial charge in [-0.05, 0) is 42.5 Å². The molecule has 3 rings (SSSR count). The fourth-order valence-electron chi connectivity index (χ4n) is 2.22. The summed E-state index contributed by atoms with van der Waals surface area (Å²) in [4.78, 5) is 35.6. The number of halogens is 1. The Labute approximate surface area is 159 Å². The van der Waals surface area contributed by atoms with Crippen molar-refractivity contribution in [3.8, 4) is 11.5 Å². The van der Waals surface area contributed by atoms with E-state index in [0.29, 0.717) is 35.3 Å². The van der Waals surface area contributed by atoms with Gasteiger partial charge in [0.15, 0.2) is 18.1 Å². The summed E-state index contributed by atoms with van der Waals surface area (Å²) < 4.78 is 15.7. The van der Waals surface area contributed by atoms with E-state index < -0.39 is 24.4 Å². The zero-order valence-corrected chi connectivity index (χ0v) is 14.7. The molecule has 140 valence electrons. The van der Waals surface area contributed by atoms with Crippen LogP contribution in [0.2, 0.25) is 5.02 Å². The van der Waals surface area contributed by atoms with Crippen LogP contribution in [0, 0.1) is 0 Å². The number of esters is 1. The van der Waals surface area contributed by atoms with Crippen molar-refractivity contribution < 1.29 is 28.6 Å². The largest absolute Gasteiger partial charge is 0.486 e. The van der Waals surface area contributed by atoms with Gasteiger partial charge in [-0.25, -0.2) is 4.79 Å². The zero-order chi connectivity index (χ0) is 19.2. The molecule has 0 saturated carbocycles. The second-order valence-corrected chi connectivity index (χ2v) is 5.88. The third-order valence-corrected chi connectivity index (χ3v) is 3.79. The van der Waals surface area contributed by atoms with Crippen molar-refractivity contribution in [2.75, 3.05) is 19.8 Å². The molecule has 0 saturated heterocycles. The van der Waals surface area contributed by atoms with E-state index >= 15 is 0 Å². The number of carbonyl (C=O) groups is 3. The molecule has 0 aliphatic carbocycles. The summed E-state index contributed by atoms with van der Waals surface area (Å²) in [5.74, 6) is -0.941. The van der Waals surface area contributed by atoms with Gasteiger partial charge in [0, 0.05) is 10.6 Å². The monoisotopic (exact) mass is 390 g/mol. The van der Waals surface area contributed by atoms with Gasteiger partial charge in [-0.15, -0.1) is 0 Å². The Morgan fingerprint density at radius 3 is 2.33 bits per heavy atom. The highest BCUT2D eigenvalue weighted by molar-refractivity contribution is 6.30. The number of nitrogens with one attached hydrogen (secondary N) is 2. The van der Waals surface area contributed by atoms with E-state index in [1.807, 2.05) is 0 Å². The first-order chi connectivity index (χ1) is 13.0. The fraction of sp³-hybridized carbons (Fsp3) is 0.167. The molecule has 0 aromatic heterocycles. The third-order valence-electron chi connectivity index (χ3n) is 3.53. The molecule has 2 aromatic carbocycles. The average Bonchev–Trinajstić information content (AvgIpc) is 2.70. The topological polar surface area (TPSA) is 103 Å². The summed E-state index contributed by atoms with van der Waals surface area (Å²) in [6, 6.07) is 10.7. The summed E-state index contributed by atoms with van der Waals surface area (Å²) in [6.07, 6.45) is 0. The Balaban J connectivity index is 1.46. The van der Waals surface area contributed by atoms with Crippen LogP contribution in [-0.2, 0) is 9.53 Å². The number of hydrogen-bond donors (Lipinski definition) is 2. The van der Waals surface area contributed by atoms with Crippen LogP contribution < -0.4 is 20.3 Å². The number of carbonyl (C=O) groups excluding carboxylic acids is 3. The van der Waals surface area contributed by atoms with Crippen molar-refractivity contribution in [1.29, 1.82) is 0 Å². The van der Waals surface area contributed by atoms with E-state index in [-0.39, 0.29) is 5.56 Å². The lowest BCUT2D eigenvalue weighted by atomic mass is 10.2. The van der Waals surface area contributed by atoms with Crippen LogP contribution in [0.5, 0.6) is 11.5 Å². The van der Waals surface area contributed by atoms with Crippen molar-refractivity contribution in [3.63, 3.8) is 0 Å². The standard InChI is InChI=1S/C18H15ClN2O6/c19-13-4-1-11(2-5-13)17(23)21-20-16(22)10-27-18(24)12-3-6-14-15(9-12)26-8-7-25-14/h1-6,9H,7-8,10H2,(H,20,22)(H,21,23). The number of fused-ring (bicyclic) bond motifs is 1. The van der Waals surface area contributed by atoms with Crippen LogP contribution in [0.3, 0.4) is 0 Å². The van der Waals surface area contributed by atoms with Gasteiger partial charge >= 0.3 is 5.97 Å². The smallest absolute Gasteiger partial charge is 0.338 e. The first-order valence-electron chi connectivity index (χ1n) is 7.94. The quantitative estimate of drug-likeness (QED) is 0.608. The maximum absolute atomic E-state index is 12.0. The minimum atomic E-state index is -0.703. The van der Waals surface area contributed by atoms with Crippen LogP contribution in [-0.4, -0.2) is 37.6 Å². The highest BCUT2D eigenvalue weighted by atomic mass is 35.5. The molecule has 0 spiro atoms. The number of ether oxygens (including phenoxy) is 3. The van der Waals surface area contributed by atoms with Gasteiger partial charge < -0.3 is 14.2 Å². The molecule has 8 nitrogen and oxygen atoms in total. The maximum atomic E-state index is 12.0. The predicted octanol–water partition coefficient (Wildman–Crippen LogP) is 1.73. The summed E-state index contributed by atoms with van der Waals surface area (Å²) in [5, 5.41) is 0.488. The van der Waals surface area contributed by atoms with E-state index in [1.54, 1.807) is 18.2 Å². The van der Waals surface area contributed by atoms with Crippen molar-refractivity contribution in [3.05, 3.63) is 58.6 Å². The Hall–Kier alpha value is -3.26. The van der Waals surface area contributed by atoms with E-state index in [0.717, 1.165) is 0 Å². The third kappa shape index (κ3) is 4.89. The predicted molar refractivity (Wildman–Crippen MR) is 94.8 cm³/mol. The van der Waals surface area contributed by atoms with Gasteiger partial charge in [0.25, 0.3) is 11.8 Å². The molecular formula is C18H15ClN2O6. The highest BCUT2D eigenvalue weighted by Crippen LogP contribution is 2.30. The zero-order valence-electron chi connectivity index (χ0n) is 14.0. The van der Waals surface area contributed by atoms with Gasteiger partial charge in [-0.2, -0.15) is 0 Å². The Morgan fingerprint density at radius 1 is 0.926 bits per heavy atom. The number of rotatable bonds is 4. The van der Waals surface area contributed by atoms with Crippen molar-refractivity contribution in [2.45, 2.75) is 0 Å². The van der Waals surface area contributed by atoms with Gasteiger partial charge in [0.2, 0.25) is 0 Å². The fourth-order valence-corrected chi connectivity index (χ4v) is 2.35. The molecule has 2 aromatic rings. The van der Waals surface area contributed by atoms with Crippen molar-refractivity contribution in [1.82, 2.24) is 10.9 Å². The number of hydrogen-bond acceptors (Lipinski definition) is 6. The summed E-state index contributed by atoms with van der Waals surface area (Å²) in [5.41, 5.74) is 4.90. The number of amides is 2. The van der Waals surface area contributed by atoms with E-state index in [1.165, 1.54) is 24.3 Å². The number of hydrazine groups is 1. The number of benzene rings is 2. The van der Waals surface area contributed by atoms with E-state index in [9.17, 15) is 14.4 Å². The molecule has 9 heteroatoms. The lowest BCUT2D eigenvalue weighted by Gasteiger charge is -2.18. The summed E-state index contributed by atoms with van der Waals surface area (Å²) in [7, 11) is 0. The molecule has 0 bridgehead atoms. The molecule has 0 atom stereocenters. The molecule has 2 amide bonds. The Kier molecular flexibility index (Phi) is 5.77. The van der Waals surface area contributed by atoms with Crippen LogP contribution in [0.15, 0.2) is 42.5 Å². The van der Waals surface area contributed by atoms with E-state index in [4.69, 9.17) is 25.8 Å². The van der Waals surface area contributed by atoms with Crippen LogP contribution in [0.1, 0.15) is 20.7 Å². The second kappa shape index (κ2) is 8.41. The molecule has 0 fully saturated rings. The minimum absolute atomic E-state index is 0.220. The Morgan fingerprint density at radius 2 is 1.59 bits per heavy atom.